The second kappa shape index (κ2) is 17.5. The van der Waals surface area contributed by atoms with E-state index in [9.17, 15) is 4.79 Å². The molecule has 3 aromatic rings. The van der Waals surface area contributed by atoms with Gasteiger partial charge >= 0.3 is 6.09 Å². The summed E-state index contributed by atoms with van der Waals surface area (Å²) in [7, 11) is 0. The lowest BCUT2D eigenvalue weighted by Crippen LogP contribution is -2.49. The van der Waals surface area contributed by atoms with Gasteiger partial charge in [-0.25, -0.2) is 9.78 Å². The number of nitrogens with zero attached hydrogens (tertiary/aromatic N) is 1. The van der Waals surface area contributed by atoms with Crippen molar-refractivity contribution in [2.45, 2.75) is 142 Å². The topological polar surface area (TPSA) is 103 Å². The van der Waals surface area contributed by atoms with Crippen LogP contribution in [0.4, 0.5) is 4.79 Å². The zero-order chi connectivity index (χ0) is 33.9. The van der Waals surface area contributed by atoms with Crippen LogP contribution < -0.4 is 21.3 Å². The fourth-order valence-electron chi connectivity index (χ4n) is 7.23. The molecule has 2 aromatic carbocycles. The molecule has 1 saturated carbocycles. The first kappa shape index (κ1) is 36.9. The molecule has 8 nitrogen and oxygen atoms in total. The molecule has 7 rings (SSSR count). The van der Waals surface area contributed by atoms with Crippen LogP contribution in [0.5, 0.6) is 0 Å². The quantitative estimate of drug-likeness (QED) is 0.193. The number of ether oxygens (including phenoxy) is 1. The van der Waals surface area contributed by atoms with Crippen molar-refractivity contribution in [2.75, 3.05) is 19.8 Å². The molecule has 8 heteroatoms. The molecule has 2 saturated heterocycles. The minimum atomic E-state index is -0.534. The number of H-pyrrole nitrogens is 1. The molecule has 5 N–H and O–H groups in total. The molecule has 4 aliphatic rings. The maximum atomic E-state index is 12.8. The smallest absolute Gasteiger partial charge is 0.408 e. The molecule has 2 unspecified atom stereocenters. The zero-order valence-corrected chi connectivity index (χ0v) is 30.3. The predicted molar refractivity (Wildman–Crippen MR) is 195 cm³/mol. The maximum Gasteiger partial charge on any atom is 0.408 e. The van der Waals surface area contributed by atoms with Gasteiger partial charge in [0.15, 0.2) is 0 Å². The Balaban J connectivity index is 0.000000494. The summed E-state index contributed by atoms with van der Waals surface area (Å²) in [6.45, 7) is 17.1. The number of rotatable bonds is 5. The van der Waals surface area contributed by atoms with E-state index in [-0.39, 0.29) is 6.09 Å². The lowest BCUT2D eigenvalue weighted by molar-refractivity contribution is 0.0412. The third-order valence-electron chi connectivity index (χ3n) is 9.46. The highest BCUT2D eigenvalue weighted by Crippen LogP contribution is 2.37. The Hall–Kier alpha value is -2.94. The second-order valence-corrected chi connectivity index (χ2v) is 13.9. The highest BCUT2D eigenvalue weighted by atomic mass is 16.6. The largest absolute Gasteiger partial charge is 0.444 e. The van der Waals surface area contributed by atoms with Crippen LogP contribution in [0, 0.1) is 0 Å². The Labute approximate surface area is 284 Å². The summed E-state index contributed by atoms with van der Waals surface area (Å²) in [5.74, 6) is 0.846. The lowest BCUT2D eigenvalue weighted by Gasteiger charge is -2.36. The highest BCUT2D eigenvalue weighted by molar-refractivity contribution is 5.76. The Kier molecular flexibility index (Phi) is 13.7. The van der Waals surface area contributed by atoms with E-state index < -0.39 is 11.1 Å². The average molecular weight is 647 g/mol. The van der Waals surface area contributed by atoms with Crippen LogP contribution in [-0.4, -0.2) is 47.5 Å². The molecule has 2 atom stereocenters. The number of fused-ring (bicyclic) bond motifs is 4. The molecule has 0 spiro atoms. The van der Waals surface area contributed by atoms with Crippen molar-refractivity contribution < 1.29 is 9.53 Å². The van der Waals surface area contributed by atoms with E-state index in [1.54, 1.807) is 0 Å². The number of hydrogen-bond donors (Lipinski definition) is 5. The van der Waals surface area contributed by atoms with Gasteiger partial charge in [0, 0.05) is 18.8 Å². The zero-order valence-electron chi connectivity index (χ0n) is 30.3. The molecule has 2 aliphatic carbocycles. The highest BCUT2D eigenvalue weighted by Gasteiger charge is 2.39. The van der Waals surface area contributed by atoms with Gasteiger partial charge in [-0.05, 0) is 120 Å². The normalized spacial score (nSPS) is 21.1. The molecule has 47 heavy (non-hydrogen) atoms. The van der Waals surface area contributed by atoms with E-state index in [4.69, 9.17) is 9.72 Å². The lowest BCUT2D eigenvalue weighted by atomic mass is 9.81. The Morgan fingerprint density at radius 2 is 1.60 bits per heavy atom. The number of nitrogens with one attached hydrogen (secondary N) is 5. The molecular weight excluding hydrogens is 584 g/mol. The van der Waals surface area contributed by atoms with Crippen molar-refractivity contribution in [1.82, 2.24) is 31.2 Å². The first-order valence-electron chi connectivity index (χ1n) is 18.6. The van der Waals surface area contributed by atoms with Crippen LogP contribution in [0.25, 0.3) is 11.0 Å². The van der Waals surface area contributed by atoms with E-state index in [0.29, 0.717) is 12.1 Å². The summed E-state index contributed by atoms with van der Waals surface area (Å²) >= 11 is 0. The molecule has 1 amide bonds. The fourth-order valence-corrected chi connectivity index (χ4v) is 7.23. The number of aromatic nitrogens is 2. The average Bonchev–Trinajstić information content (AvgIpc) is 3.88. The summed E-state index contributed by atoms with van der Waals surface area (Å²) in [5, 5.41) is 13.6. The Bertz CT molecular complexity index is 1390. The van der Waals surface area contributed by atoms with Gasteiger partial charge in [0.25, 0.3) is 0 Å². The number of carbonyl (C=O) groups excluding carboxylic acids is 1. The van der Waals surface area contributed by atoms with Gasteiger partial charge in [0.1, 0.15) is 17.0 Å². The standard InChI is InChI=1S/C31H41N5O2.C4H9N.2C2H6/c1-30(2,3)38-29(37)36-31(15-5-4-6-16-31)28-34-24-13-10-21(18-26(24)35-28)8-7-20-9-12-23-22(17-20)11-14-25-27(23)33-19-32-25;1-2-4-5-3-1;2*1-2/h9-10,12-13,17-18,25,27,32-33H,4-8,11,14-16,19H2,1-3H3,(H,34,35)(H,36,37);5H,1-4H2;2*1-2H3. The molecular formula is C39H62N6O2. The van der Waals surface area contributed by atoms with Crippen LogP contribution in [-0.2, 0) is 29.5 Å². The number of hydrogen-bond acceptors (Lipinski definition) is 6. The van der Waals surface area contributed by atoms with Gasteiger partial charge in [-0.2, -0.15) is 0 Å². The summed E-state index contributed by atoms with van der Waals surface area (Å²) in [5.41, 5.74) is 6.61. The minimum Gasteiger partial charge on any atom is -0.444 e. The first-order valence-corrected chi connectivity index (χ1v) is 18.6. The van der Waals surface area contributed by atoms with Crippen molar-refractivity contribution in [3.05, 3.63) is 64.5 Å². The van der Waals surface area contributed by atoms with Gasteiger partial charge in [-0.15, -0.1) is 0 Å². The van der Waals surface area contributed by atoms with Crippen molar-refractivity contribution in [3.8, 4) is 0 Å². The summed E-state index contributed by atoms with van der Waals surface area (Å²) < 4.78 is 5.61. The predicted octanol–water partition coefficient (Wildman–Crippen LogP) is 7.96. The van der Waals surface area contributed by atoms with E-state index >= 15 is 0 Å². The minimum absolute atomic E-state index is 0.374. The van der Waals surface area contributed by atoms with E-state index in [1.807, 2.05) is 48.5 Å². The van der Waals surface area contributed by atoms with Gasteiger partial charge in [-0.1, -0.05) is 71.2 Å². The SMILES string of the molecule is C1CCNC1.CC.CC.CC(C)(C)OC(=O)NC1(c2nc3ccc(CCc4ccc5c(c4)CCC4NCNC54)cc3[nH]2)CCCCC1. The molecule has 1 aromatic heterocycles. The van der Waals surface area contributed by atoms with Crippen molar-refractivity contribution in [1.29, 1.82) is 0 Å². The van der Waals surface area contributed by atoms with Gasteiger partial charge in [-0.3, -0.25) is 10.6 Å². The monoisotopic (exact) mass is 646 g/mol. The maximum absolute atomic E-state index is 12.8. The van der Waals surface area contributed by atoms with E-state index in [1.165, 1.54) is 61.0 Å². The van der Waals surface area contributed by atoms with Crippen LogP contribution in [0.1, 0.15) is 134 Å². The number of alkyl carbamates (subject to hydrolysis) is 1. The van der Waals surface area contributed by atoms with Gasteiger partial charge < -0.3 is 20.4 Å². The van der Waals surface area contributed by atoms with Gasteiger partial charge in [0.05, 0.1) is 11.0 Å². The fraction of sp³-hybridized carbons (Fsp3) is 0.641. The number of amides is 1. The Morgan fingerprint density at radius 3 is 2.26 bits per heavy atom. The van der Waals surface area contributed by atoms with Crippen molar-refractivity contribution in [3.63, 3.8) is 0 Å². The van der Waals surface area contributed by atoms with Gasteiger partial charge in [0.2, 0.25) is 0 Å². The van der Waals surface area contributed by atoms with Crippen LogP contribution >= 0.6 is 0 Å². The molecule has 3 fully saturated rings. The van der Waals surface area contributed by atoms with Crippen LogP contribution in [0.2, 0.25) is 0 Å². The Morgan fingerprint density at radius 1 is 0.915 bits per heavy atom. The van der Waals surface area contributed by atoms with Crippen LogP contribution in [0.3, 0.4) is 0 Å². The summed E-state index contributed by atoms with van der Waals surface area (Å²) in [4.78, 5) is 21.3. The number of imidazole rings is 1. The molecule has 0 bridgehead atoms. The van der Waals surface area contributed by atoms with Crippen LogP contribution in [0.15, 0.2) is 36.4 Å². The number of aryl methyl sites for hydroxylation is 3. The first-order chi connectivity index (χ1) is 22.8. The third-order valence-corrected chi connectivity index (χ3v) is 9.46. The van der Waals surface area contributed by atoms with E-state index in [2.05, 4.69) is 62.6 Å². The van der Waals surface area contributed by atoms with Crippen molar-refractivity contribution >= 4 is 17.1 Å². The summed E-state index contributed by atoms with van der Waals surface area (Å²) in [6, 6.07) is 14.6. The number of aromatic amines is 1. The van der Waals surface area contributed by atoms with Crippen molar-refractivity contribution in [2.24, 2.45) is 0 Å². The number of benzene rings is 2. The number of carbonyl (C=O) groups is 1. The second-order valence-electron chi connectivity index (χ2n) is 13.9. The molecule has 260 valence electrons. The third kappa shape index (κ3) is 9.80. The molecule has 3 heterocycles. The van der Waals surface area contributed by atoms with E-state index in [0.717, 1.165) is 68.5 Å². The molecule has 0 radical (unpaired) electrons. The molecule has 2 aliphatic heterocycles. The summed E-state index contributed by atoms with van der Waals surface area (Å²) in [6.07, 6.45) is 11.8.